The standard InChI is InChI=1S/C20H28O2/c21-17(19-11-3-1-4-12(19)15(11)19)7-9-18(22,10-8-17)20-13-5-2-6-14(20)16(13)20/h11-16,21-22H,1-10H2. The average Bonchev–Trinajstić information content (AvgIpc) is 3.44. The molecule has 22 heavy (non-hydrogen) atoms. The minimum absolute atomic E-state index is 0.354. The Kier molecular flexibility index (Phi) is 1.72. The molecule has 0 amide bonds. The first-order valence-electron chi connectivity index (χ1n) is 10.1. The molecular formula is C20H28O2. The maximum absolute atomic E-state index is 11.4. The molecule has 0 bridgehead atoms. The van der Waals surface area contributed by atoms with Gasteiger partial charge in [-0.3, -0.25) is 0 Å². The molecule has 0 radical (unpaired) electrons. The second-order valence-electron chi connectivity index (χ2n) is 10.3. The molecule has 2 N–H and O–H groups in total. The largest absolute Gasteiger partial charge is 0.389 e. The van der Waals surface area contributed by atoms with E-state index >= 15 is 0 Å². The van der Waals surface area contributed by atoms with Crippen LogP contribution in [0.15, 0.2) is 0 Å². The zero-order valence-electron chi connectivity index (χ0n) is 13.4. The van der Waals surface area contributed by atoms with Crippen molar-refractivity contribution in [1.29, 1.82) is 0 Å². The Hall–Kier alpha value is -0.0800. The summed E-state index contributed by atoms with van der Waals surface area (Å²) in [6, 6.07) is 0. The number of aliphatic hydroxyl groups is 2. The highest BCUT2D eigenvalue weighted by atomic mass is 16.3. The van der Waals surface area contributed by atoms with Crippen LogP contribution >= 0.6 is 0 Å². The van der Waals surface area contributed by atoms with E-state index in [2.05, 4.69) is 0 Å². The van der Waals surface area contributed by atoms with E-state index in [-0.39, 0.29) is 0 Å². The van der Waals surface area contributed by atoms with Crippen LogP contribution in [-0.4, -0.2) is 21.4 Å². The fourth-order valence-corrected chi connectivity index (χ4v) is 9.65. The highest BCUT2D eigenvalue weighted by molar-refractivity contribution is 5.42. The number of rotatable bonds is 2. The lowest BCUT2D eigenvalue weighted by Gasteiger charge is -2.48. The summed E-state index contributed by atoms with van der Waals surface area (Å²) in [7, 11) is 0. The molecular weight excluding hydrogens is 272 g/mol. The van der Waals surface area contributed by atoms with Gasteiger partial charge in [0.25, 0.3) is 0 Å². The van der Waals surface area contributed by atoms with Gasteiger partial charge < -0.3 is 10.2 Å². The summed E-state index contributed by atoms with van der Waals surface area (Å²) < 4.78 is 0. The maximum atomic E-state index is 11.4. The molecule has 0 aromatic carbocycles. The molecule has 0 heterocycles. The molecule has 7 rings (SSSR count). The first-order chi connectivity index (χ1) is 10.6. The van der Waals surface area contributed by atoms with E-state index < -0.39 is 11.2 Å². The second-order valence-corrected chi connectivity index (χ2v) is 10.3. The zero-order chi connectivity index (χ0) is 14.5. The third-order valence-electron chi connectivity index (χ3n) is 10.4. The summed E-state index contributed by atoms with van der Waals surface area (Å²) in [6.45, 7) is 0. The van der Waals surface area contributed by atoms with Crippen LogP contribution < -0.4 is 0 Å². The van der Waals surface area contributed by atoms with E-state index in [0.29, 0.717) is 10.8 Å². The lowest BCUT2D eigenvalue weighted by atomic mass is 9.62. The average molecular weight is 300 g/mol. The third-order valence-corrected chi connectivity index (χ3v) is 10.4. The molecule has 0 saturated heterocycles. The van der Waals surface area contributed by atoms with Gasteiger partial charge in [0, 0.05) is 10.8 Å². The van der Waals surface area contributed by atoms with Gasteiger partial charge in [-0.05, 0) is 86.9 Å². The molecule has 0 aromatic rings. The van der Waals surface area contributed by atoms with E-state index in [4.69, 9.17) is 0 Å². The van der Waals surface area contributed by atoms with E-state index in [9.17, 15) is 10.2 Å². The highest BCUT2D eigenvalue weighted by Crippen LogP contribution is 2.95. The van der Waals surface area contributed by atoms with E-state index in [1.807, 2.05) is 0 Å². The van der Waals surface area contributed by atoms with Crippen LogP contribution in [0, 0.1) is 46.3 Å². The van der Waals surface area contributed by atoms with Crippen molar-refractivity contribution in [1.82, 2.24) is 0 Å². The lowest BCUT2D eigenvalue weighted by molar-refractivity contribution is -0.142. The molecule has 0 aliphatic heterocycles. The van der Waals surface area contributed by atoms with Gasteiger partial charge in [0.1, 0.15) is 0 Å². The lowest BCUT2D eigenvalue weighted by Crippen LogP contribution is -2.52. The van der Waals surface area contributed by atoms with E-state index in [1.54, 1.807) is 0 Å². The first-order valence-corrected chi connectivity index (χ1v) is 10.1. The number of fused-ring (bicyclic) bond motifs is 4. The van der Waals surface area contributed by atoms with Crippen molar-refractivity contribution in [2.45, 2.75) is 75.4 Å². The SMILES string of the molecule is OC1(C23C4CCCC2C43)CCC(O)(C23C4CCCC2C43)CC1. The van der Waals surface area contributed by atoms with Gasteiger partial charge in [-0.1, -0.05) is 12.8 Å². The predicted molar refractivity (Wildman–Crippen MR) is 81.9 cm³/mol. The zero-order valence-corrected chi connectivity index (χ0v) is 13.4. The Bertz CT molecular complexity index is 491. The van der Waals surface area contributed by atoms with Gasteiger partial charge in [0.2, 0.25) is 0 Å². The molecule has 7 aliphatic rings. The van der Waals surface area contributed by atoms with Crippen LogP contribution in [0.5, 0.6) is 0 Å². The third kappa shape index (κ3) is 0.922. The van der Waals surface area contributed by atoms with Crippen molar-refractivity contribution in [3.8, 4) is 0 Å². The van der Waals surface area contributed by atoms with E-state index in [1.165, 1.54) is 38.5 Å². The highest BCUT2D eigenvalue weighted by Gasteiger charge is 2.95. The summed E-state index contributed by atoms with van der Waals surface area (Å²) in [5.41, 5.74) is -0.0887. The Balaban J connectivity index is 1.15. The summed E-state index contributed by atoms with van der Waals surface area (Å²) in [4.78, 5) is 0. The molecule has 0 aromatic heterocycles. The quantitative estimate of drug-likeness (QED) is 0.822. The van der Waals surface area contributed by atoms with Crippen molar-refractivity contribution in [3.05, 3.63) is 0 Å². The smallest absolute Gasteiger partial charge is 0.0714 e. The van der Waals surface area contributed by atoms with E-state index in [0.717, 1.165) is 61.2 Å². The van der Waals surface area contributed by atoms with Gasteiger partial charge in [-0.2, -0.15) is 0 Å². The molecule has 2 heteroatoms. The molecule has 120 valence electrons. The number of hydrogen-bond donors (Lipinski definition) is 2. The van der Waals surface area contributed by atoms with Crippen LogP contribution in [-0.2, 0) is 0 Å². The minimum atomic E-state index is -0.398. The summed E-state index contributed by atoms with van der Waals surface area (Å²) in [5.74, 6) is 5.27. The van der Waals surface area contributed by atoms with Gasteiger partial charge >= 0.3 is 0 Å². The van der Waals surface area contributed by atoms with Crippen LogP contribution in [0.3, 0.4) is 0 Å². The maximum Gasteiger partial charge on any atom is 0.0714 e. The molecule has 7 fully saturated rings. The normalized spacial score (nSPS) is 75.5. The van der Waals surface area contributed by atoms with Crippen LogP contribution in [0.4, 0.5) is 0 Å². The first kappa shape index (κ1) is 12.3. The fraction of sp³-hybridized carbons (Fsp3) is 1.00. The molecule has 4 unspecified atom stereocenters. The summed E-state index contributed by atoms with van der Waals surface area (Å²) in [5, 5.41) is 22.9. The Morgan fingerprint density at radius 1 is 0.545 bits per heavy atom. The summed E-state index contributed by atoms with van der Waals surface area (Å²) >= 11 is 0. The molecule has 0 spiro atoms. The molecule has 7 aliphatic carbocycles. The predicted octanol–water partition coefficient (Wildman–Crippen LogP) is 3.11. The Morgan fingerprint density at radius 3 is 1.14 bits per heavy atom. The topological polar surface area (TPSA) is 40.5 Å². The molecule has 4 atom stereocenters. The Labute approximate surface area is 132 Å². The van der Waals surface area contributed by atoms with Crippen LogP contribution in [0.2, 0.25) is 0 Å². The van der Waals surface area contributed by atoms with Gasteiger partial charge in [0.15, 0.2) is 0 Å². The van der Waals surface area contributed by atoms with Crippen LogP contribution in [0.25, 0.3) is 0 Å². The Morgan fingerprint density at radius 2 is 0.864 bits per heavy atom. The van der Waals surface area contributed by atoms with Gasteiger partial charge in [-0.15, -0.1) is 0 Å². The van der Waals surface area contributed by atoms with Gasteiger partial charge in [0.05, 0.1) is 11.2 Å². The van der Waals surface area contributed by atoms with Crippen molar-refractivity contribution in [2.75, 3.05) is 0 Å². The number of hydrogen-bond acceptors (Lipinski definition) is 2. The van der Waals surface area contributed by atoms with Crippen molar-refractivity contribution in [3.63, 3.8) is 0 Å². The van der Waals surface area contributed by atoms with Crippen molar-refractivity contribution in [2.24, 2.45) is 46.3 Å². The fourth-order valence-electron chi connectivity index (χ4n) is 9.65. The summed E-state index contributed by atoms with van der Waals surface area (Å²) in [6.07, 6.45) is 11.9. The van der Waals surface area contributed by atoms with Crippen LogP contribution in [0.1, 0.15) is 64.2 Å². The molecule has 7 saturated carbocycles. The molecule has 2 nitrogen and oxygen atoms in total. The van der Waals surface area contributed by atoms with Crippen molar-refractivity contribution >= 4 is 0 Å². The second kappa shape index (κ2) is 3.08. The van der Waals surface area contributed by atoms with Crippen molar-refractivity contribution < 1.29 is 10.2 Å². The van der Waals surface area contributed by atoms with Gasteiger partial charge in [-0.25, -0.2) is 0 Å². The minimum Gasteiger partial charge on any atom is -0.389 e. The monoisotopic (exact) mass is 300 g/mol.